The predicted molar refractivity (Wildman–Crippen MR) is 68.2 cm³/mol. The van der Waals surface area contributed by atoms with Gasteiger partial charge in [-0.3, -0.25) is 4.79 Å². The molecule has 0 heterocycles. The molecule has 0 bridgehead atoms. The summed E-state index contributed by atoms with van der Waals surface area (Å²) in [5.74, 6) is 0.0190. The van der Waals surface area contributed by atoms with Crippen LogP contribution in [0.5, 0.6) is 0 Å². The maximum Gasteiger partial charge on any atom is 0.246 e. The van der Waals surface area contributed by atoms with Crippen molar-refractivity contribution in [1.82, 2.24) is 5.32 Å². The van der Waals surface area contributed by atoms with Crippen molar-refractivity contribution < 1.29 is 4.79 Å². The van der Waals surface area contributed by atoms with Crippen LogP contribution in [-0.2, 0) is 4.79 Å². The molecule has 0 aliphatic heterocycles. The highest BCUT2D eigenvalue weighted by atomic mass is 16.1. The molecule has 0 unspecified atom stereocenters. The summed E-state index contributed by atoms with van der Waals surface area (Å²) in [6.07, 6.45) is 7.29. The van der Waals surface area contributed by atoms with E-state index in [0.717, 1.165) is 12.8 Å². The summed E-state index contributed by atoms with van der Waals surface area (Å²) in [6.45, 7) is 10.0. The van der Waals surface area contributed by atoms with Crippen molar-refractivity contribution in [2.75, 3.05) is 0 Å². The van der Waals surface area contributed by atoms with Gasteiger partial charge in [0.1, 0.15) is 0 Å². The average Bonchev–Trinajstić information content (AvgIpc) is 2.30. The van der Waals surface area contributed by atoms with Crippen LogP contribution in [0, 0.1) is 5.41 Å². The number of rotatable bonds is 4. The van der Waals surface area contributed by atoms with Gasteiger partial charge >= 0.3 is 0 Å². The molecule has 2 nitrogen and oxygen atoms in total. The molecule has 1 rings (SSSR count). The largest absolute Gasteiger partial charge is 0.350 e. The maximum atomic E-state index is 11.5. The molecule has 0 saturated heterocycles. The lowest BCUT2D eigenvalue weighted by atomic mass is 9.69. The Bertz CT molecular complexity index is 256. The van der Waals surface area contributed by atoms with E-state index in [9.17, 15) is 4.79 Å². The molecular weight excluding hydrogens is 198 g/mol. The first-order valence-electron chi connectivity index (χ1n) is 6.49. The van der Waals surface area contributed by atoms with Crippen molar-refractivity contribution in [2.45, 2.75) is 65.3 Å². The van der Waals surface area contributed by atoms with Crippen LogP contribution in [0.2, 0.25) is 0 Å². The number of carbonyl (C=O) groups is 1. The Hall–Kier alpha value is -0.790. The van der Waals surface area contributed by atoms with Crippen molar-refractivity contribution in [3.8, 4) is 0 Å². The van der Waals surface area contributed by atoms with Crippen LogP contribution in [0.1, 0.15) is 59.3 Å². The molecule has 1 amide bonds. The van der Waals surface area contributed by atoms with Crippen LogP contribution >= 0.6 is 0 Å². The van der Waals surface area contributed by atoms with E-state index in [2.05, 4.69) is 25.7 Å². The van der Waals surface area contributed by atoms with Crippen LogP contribution in [0.15, 0.2) is 12.2 Å². The second-order valence-electron chi connectivity index (χ2n) is 5.24. The molecule has 1 aliphatic rings. The fraction of sp³-hybridized carbons (Fsp3) is 0.786. The van der Waals surface area contributed by atoms with E-state index in [1.54, 1.807) is 6.92 Å². The number of carbonyl (C=O) groups excluding carboxylic acids is 1. The van der Waals surface area contributed by atoms with E-state index < -0.39 is 0 Å². The van der Waals surface area contributed by atoms with E-state index in [-0.39, 0.29) is 5.91 Å². The fourth-order valence-corrected chi connectivity index (χ4v) is 2.64. The van der Waals surface area contributed by atoms with Gasteiger partial charge in [-0.25, -0.2) is 0 Å². The van der Waals surface area contributed by atoms with Crippen LogP contribution in [0.4, 0.5) is 0 Å². The second kappa shape index (κ2) is 5.51. The third-order valence-corrected chi connectivity index (χ3v) is 4.27. The first-order chi connectivity index (χ1) is 7.53. The van der Waals surface area contributed by atoms with Crippen LogP contribution < -0.4 is 5.32 Å². The Labute approximate surface area is 99.5 Å². The Morgan fingerprint density at radius 3 is 2.19 bits per heavy atom. The van der Waals surface area contributed by atoms with Gasteiger partial charge in [0.05, 0.1) is 0 Å². The molecule has 0 aromatic carbocycles. The van der Waals surface area contributed by atoms with E-state index in [0.29, 0.717) is 17.0 Å². The molecule has 0 aromatic rings. The molecule has 0 aromatic heterocycles. The Kier molecular flexibility index (Phi) is 4.57. The quantitative estimate of drug-likeness (QED) is 0.727. The smallest absolute Gasteiger partial charge is 0.246 e. The highest BCUT2D eigenvalue weighted by molar-refractivity contribution is 5.92. The molecule has 1 saturated carbocycles. The Morgan fingerprint density at radius 2 is 1.81 bits per heavy atom. The second-order valence-corrected chi connectivity index (χ2v) is 5.24. The fourth-order valence-electron chi connectivity index (χ4n) is 2.64. The topological polar surface area (TPSA) is 29.1 Å². The maximum absolute atomic E-state index is 11.5. The summed E-state index contributed by atoms with van der Waals surface area (Å²) in [4.78, 5) is 11.5. The normalized spacial score (nSPS) is 20.4. The molecule has 92 valence electrons. The lowest BCUT2D eigenvalue weighted by Crippen LogP contribution is -2.40. The van der Waals surface area contributed by atoms with Gasteiger partial charge in [0.15, 0.2) is 0 Å². The van der Waals surface area contributed by atoms with Gasteiger partial charge < -0.3 is 5.32 Å². The molecule has 0 radical (unpaired) electrons. The predicted octanol–water partition coefficient (Wildman–Crippen LogP) is 3.43. The van der Waals surface area contributed by atoms with Gasteiger partial charge in [-0.2, -0.15) is 0 Å². The molecule has 1 fully saturated rings. The molecule has 2 heteroatoms. The molecule has 0 atom stereocenters. The lowest BCUT2D eigenvalue weighted by Gasteiger charge is -2.39. The standard InChI is InChI=1S/C14H25NO/c1-5-14(6-2)9-7-12(8-10-14)15-13(16)11(3)4/h12H,3,5-10H2,1-2,4H3,(H,15,16). The minimum absolute atomic E-state index is 0.0190. The number of nitrogens with one attached hydrogen (secondary N) is 1. The summed E-state index contributed by atoms with van der Waals surface area (Å²) in [7, 11) is 0. The molecule has 0 spiro atoms. The Balaban J connectivity index is 2.43. The molecule has 1 aliphatic carbocycles. The highest BCUT2D eigenvalue weighted by Gasteiger charge is 2.32. The Morgan fingerprint density at radius 1 is 1.31 bits per heavy atom. The minimum Gasteiger partial charge on any atom is -0.350 e. The minimum atomic E-state index is 0.0190. The zero-order valence-electron chi connectivity index (χ0n) is 10.9. The summed E-state index contributed by atoms with van der Waals surface area (Å²) >= 11 is 0. The SMILES string of the molecule is C=C(C)C(=O)NC1CCC(CC)(CC)CC1. The van der Waals surface area contributed by atoms with Crippen molar-refractivity contribution in [3.63, 3.8) is 0 Å². The van der Waals surface area contributed by atoms with Crippen molar-refractivity contribution in [2.24, 2.45) is 5.41 Å². The van der Waals surface area contributed by atoms with Gasteiger partial charge in [-0.1, -0.05) is 33.3 Å². The van der Waals surface area contributed by atoms with E-state index in [1.165, 1.54) is 25.7 Å². The van der Waals surface area contributed by atoms with Crippen LogP contribution in [-0.4, -0.2) is 11.9 Å². The first kappa shape index (κ1) is 13.3. The highest BCUT2D eigenvalue weighted by Crippen LogP contribution is 2.41. The third-order valence-electron chi connectivity index (χ3n) is 4.27. The van der Waals surface area contributed by atoms with E-state index >= 15 is 0 Å². The van der Waals surface area contributed by atoms with Gasteiger partial charge in [0, 0.05) is 11.6 Å². The van der Waals surface area contributed by atoms with Gasteiger partial charge in [0.2, 0.25) is 5.91 Å². The molecular formula is C14H25NO. The molecule has 1 N–H and O–H groups in total. The van der Waals surface area contributed by atoms with E-state index in [4.69, 9.17) is 0 Å². The monoisotopic (exact) mass is 223 g/mol. The first-order valence-corrected chi connectivity index (χ1v) is 6.49. The lowest BCUT2D eigenvalue weighted by molar-refractivity contribution is -0.118. The summed E-state index contributed by atoms with van der Waals surface area (Å²) in [5.41, 5.74) is 1.16. The van der Waals surface area contributed by atoms with Gasteiger partial charge in [-0.05, 0) is 38.0 Å². The zero-order valence-corrected chi connectivity index (χ0v) is 10.9. The van der Waals surface area contributed by atoms with Crippen molar-refractivity contribution >= 4 is 5.91 Å². The average molecular weight is 223 g/mol. The third kappa shape index (κ3) is 3.10. The number of hydrogen-bond donors (Lipinski definition) is 1. The van der Waals surface area contributed by atoms with Crippen LogP contribution in [0.3, 0.4) is 0 Å². The zero-order chi connectivity index (χ0) is 12.2. The van der Waals surface area contributed by atoms with E-state index in [1.807, 2.05) is 0 Å². The number of hydrogen-bond acceptors (Lipinski definition) is 1. The van der Waals surface area contributed by atoms with Crippen molar-refractivity contribution in [1.29, 1.82) is 0 Å². The van der Waals surface area contributed by atoms with Crippen LogP contribution in [0.25, 0.3) is 0 Å². The number of amides is 1. The van der Waals surface area contributed by atoms with Crippen molar-refractivity contribution in [3.05, 3.63) is 12.2 Å². The molecule has 16 heavy (non-hydrogen) atoms. The summed E-state index contributed by atoms with van der Waals surface area (Å²) in [5, 5.41) is 3.07. The summed E-state index contributed by atoms with van der Waals surface area (Å²) in [6, 6.07) is 0.371. The van der Waals surface area contributed by atoms with Gasteiger partial charge in [-0.15, -0.1) is 0 Å². The summed E-state index contributed by atoms with van der Waals surface area (Å²) < 4.78 is 0. The van der Waals surface area contributed by atoms with Gasteiger partial charge in [0.25, 0.3) is 0 Å².